The number of aromatic nitrogens is 2. The lowest BCUT2D eigenvalue weighted by atomic mass is 9.87. The third kappa shape index (κ3) is 6.02. The highest BCUT2D eigenvalue weighted by Gasteiger charge is 2.33. The molecular weight excluding hydrogens is 424 g/mol. The van der Waals surface area contributed by atoms with Gasteiger partial charge in [-0.2, -0.15) is 4.98 Å². The molecule has 1 N–H and O–H groups in total. The fraction of sp³-hybridized carbons (Fsp3) is 0.815. The minimum absolute atomic E-state index is 0.305. The number of nitrogens with one attached hydrogen (secondary N) is 1. The summed E-state index contributed by atoms with van der Waals surface area (Å²) in [6, 6.07) is 3.06. The number of piperidine rings is 2. The Morgan fingerprint density at radius 2 is 1.56 bits per heavy atom. The van der Waals surface area contributed by atoms with Crippen molar-refractivity contribution in [3.8, 4) is 0 Å². The Morgan fingerprint density at radius 1 is 0.824 bits per heavy atom. The van der Waals surface area contributed by atoms with Crippen LogP contribution in [0.15, 0.2) is 12.3 Å². The highest BCUT2D eigenvalue weighted by molar-refractivity contribution is 5.79. The first-order valence-electron chi connectivity index (χ1n) is 14.1. The summed E-state index contributed by atoms with van der Waals surface area (Å²) in [4.78, 5) is 29.6. The van der Waals surface area contributed by atoms with Gasteiger partial charge in [0.25, 0.3) is 0 Å². The molecule has 34 heavy (non-hydrogen) atoms. The third-order valence-corrected chi connectivity index (χ3v) is 8.60. The molecule has 3 aliphatic heterocycles. The molecule has 4 fully saturated rings. The van der Waals surface area contributed by atoms with Crippen molar-refractivity contribution < 1.29 is 4.79 Å². The van der Waals surface area contributed by atoms with Crippen molar-refractivity contribution in [2.24, 2.45) is 5.92 Å². The summed E-state index contributed by atoms with van der Waals surface area (Å²) in [5.74, 6) is 2.60. The van der Waals surface area contributed by atoms with Gasteiger partial charge in [-0.3, -0.25) is 9.69 Å². The van der Waals surface area contributed by atoms with Crippen molar-refractivity contribution in [1.82, 2.24) is 19.8 Å². The van der Waals surface area contributed by atoms with Gasteiger partial charge >= 0.3 is 0 Å². The largest absolute Gasteiger partial charge is 0.356 e. The second kappa shape index (κ2) is 11.7. The highest BCUT2D eigenvalue weighted by atomic mass is 16.2. The Balaban J connectivity index is 1.11. The van der Waals surface area contributed by atoms with E-state index in [0.29, 0.717) is 23.9 Å². The summed E-state index contributed by atoms with van der Waals surface area (Å²) in [5.41, 5.74) is 0. The van der Waals surface area contributed by atoms with Crippen molar-refractivity contribution in [3.63, 3.8) is 0 Å². The Labute approximate surface area is 205 Å². The van der Waals surface area contributed by atoms with E-state index in [1.165, 1.54) is 64.3 Å². The fourth-order valence-electron chi connectivity index (χ4n) is 6.59. The molecular formula is C27H44N6O. The Kier molecular flexibility index (Phi) is 8.20. The molecule has 4 heterocycles. The van der Waals surface area contributed by atoms with Crippen LogP contribution in [0.1, 0.15) is 83.5 Å². The van der Waals surface area contributed by atoms with Crippen LogP contribution in [0.5, 0.6) is 0 Å². The van der Waals surface area contributed by atoms with E-state index in [1.807, 2.05) is 6.20 Å². The molecule has 1 aliphatic carbocycles. The van der Waals surface area contributed by atoms with Gasteiger partial charge in [-0.05, 0) is 64.0 Å². The number of amides is 1. The van der Waals surface area contributed by atoms with Crippen LogP contribution >= 0.6 is 0 Å². The van der Waals surface area contributed by atoms with E-state index in [4.69, 9.17) is 4.98 Å². The van der Waals surface area contributed by atoms with E-state index in [9.17, 15) is 4.79 Å². The predicted octanol–water partition coefficient (Wildman–Crippen LogP) is 4.30. The minimum Gasteiger partial charge on any atom is -0.356 e. The fourth-order valence-corrected chi connectivity index (χ4v) is 6.59. The number of hydrogen-bond acceptors (Lipinski definition) is 6. The summed E-state index contributed by atoms with van der Waals surface area (Å²) in [6.45, 7) is 6.32. The molecule has 0 spiro atoms. The normalized spacial score (nSPS) is 26.3. The monoisotopic (exact) mass is 468 g/mol. The number of nitrogens with zero attached hydrogens (tertiary/aromatic N) is 5. The van der Waals surface area contributed by atoms with E-state index in [-0.39, 0.29) is 0 Å². The second-order valence-electron chi connectivity index (χ2n) is 11.0. The van der Waals surface area contributed by atoms with E-state index < -0.39 is 0 Å². The highest BCUT2D eigenvalue weighted by Crippen LogP contribution is 2.28. The maximum atomic E-state index is 12.9. The van der Waals surface area contributed by atoms with E-state index in [1.54, 1.807) is 0 Å². The average molecular weight is 469 g/mol. The van der Waals surface area contributed by atoms with Crippen LogP contribution in [0, 0.1) is 5.92 Å². The van der Waals surface area contributed by atoms with Gasteiger partial charge in [0.2, 0.25) is 11.9 Å². The lowest BCUT2D eigenvalue weighted by Crippen LogP contribution is -2.52. The molecule has 1 unspecified atom stereocenters. The SMILES string of the molecule is O=C(C1CCCCC1)N1CCC(N2CCCC(Nc3nccc(N4CCCCCC4)n3)C2)CC1. The molecule has 1 aromatic rings. The zero-order valence-corrected chi connectivity index (χ0v) is 21.0. The molecule has 1 atom stereocenters. The molecule has 0 radical (unpaired) electrons. The van der Waals surface area contributed by atoms with Crippen LogP contribution < -0.4 is 10.2 Å². The predicted molar refractivity (Wildman–Crippen MR) is 137 cm³/mol. The first-order chi connectivity index (χ1) is 16.8. The average Bonchev–Trinajstić information content (AvgIpc) is 3.19. The molecule has 3 saturated heterocycles. The third-order valence-electron chi connectivity index (χ3n) is 8.60. The van der Waals surface area contributed by atoms with Gasteiger partial charge in [-0.1, -0.05) is 32.1 Å². The second-order valence-corrected chi connectivity index (χ2v) is 11.0. The summed E-state index contributed by atoms with van der Waals surface area (Å²) >= 11 is 0. The number of carbonyl (C=O) groups excluding carboxylic acids is 1. The number of carbonyl (C=O) groups is 1. The molecule has 1 saturated carbocycles. The summed E-state index contributed by atoms with van der Waals surface area (Å²) < 4.78 is 0. The van der Waals surface area contributed by atoms with Gasteiger partial charge < -0.3 is 15.1 Å². The summed E-state index contributed by atoms with van der Waals surface area (Å²) in [7, 11) is 0. The molecule has 0 bridgehead atoms. The molecule has 7 heteroatoms. The minimum atomic E-state index is 0.305. The smallest absolute Gasteiger partial charge is 0.225 e. The Morgan fingerprint density at radius 3 is 2.32 bits per heavy atom. The first kappa shape index (κ1) is 23.8. The lowest BCUT2D eigenvalue weighted by molar-refractivity contribution is -0.138. The Hall–Kier alpha value is -1.89. The topological polar surface area (TPSA) is 64.6 Å². The van der Waals surface area contributed by atoms with Crippen molar-refractivity contribution in [3.05, 3.63) is 12.3 Å². The van der Waals surface area contributed by atoms with Gasteiger partial charge in [0.05, 0.1) is 0 Å². The van der Waals surface area contributed by atoms with Crippen molar-refractivity contribution in [1.29, 1.82) is 0 Å². The van der Waals surface area contributed by atoms with Gasteiger partial charge in [0, 0.05) is 56.9 Å². The number of rotatable bonds is 5. The summed E-state index contributed by atoms with van der Waals surface area (Å²) in [6.07, 6.45) is 17.7. The van der Waals surface area contributed by atoms with Crippen LogP contribution in [0.3, 0.4) is 0 Å². The Bertz CT molecular complexity index is 781. The van der Waals surface area contributed by atoms with E-state index in [0.717, 1.165) is 70.2 Å². The molecule has 1 aromatic heterocycles. The van der Waals surface area contributed by atoms with Gasteiger partial charge in [-0.15, -0.1) is 0 Å². The molecule has 0 aromatic carbocycles. The zero-order valence-electron chi connectivity index (χ0n) is 21.0. The van der Waals surface area contributed by atoms with Crippen molar-refractivity contribution in [2.45, 2.75) is 95.6 Å². The van der Waals surface area contributed by atoms with E-state index in [2.05, 4.69) is 31.1 Å². The first-order valence-corrected chi connectivity index (χ1v) is 14.1. The number of anilines is 2. The maximum absolute atomic E-state index is 12.9. The van der Waals surface area contributed by atoms with Crippen LogP contribution in [0.2, 0.25) is 0 Å². The summed E-state index contributed by atoms with van der Waals surface area (Å²) in [5, 5.41) is 3.66. The molecule has 7 nitrogen and oxygen atoms in total. The van der Waals surface area contributed by atoms with Gasteiger partial charge in [0.1, 0.15) is 5.82 Å². The van der Waals surface area contributed by atoms with Crippen molar-refractivity contribution in [2.75, 3.05) is 49.5 Å². The maximum Gasteiger partial charge on any atom is 0.225 e. The zero-order chi connectivity index (χ0) is 23.2. The molecule has 5 rings (SSSR count). The number of likely N-dealkylation sites (tertiary alicyclic amines) is 2. The van der Waals surface area contributed by atoms with Crippen LogP contribution in [0.25, 0.3) is 0 Å². The standard InChI is InChI=1S/C27H44N6O/c34-26(22-9-4-3-5-10-22)32-19-13-24(14-20-32)33-18-8-11-23(21-33)29-27-28-15-12-25(30-27)31-16-6-1-2-7-17-31/h12,15,22-24H,1-11,13-14,16-21H2,(H,28,29,30). The van der Waals surface area contributed by atoms with Gasteiger partial charge in [0.15, 0.2) is 0 Å². The quantitative estimate of drug-likeness (QED) is 0.695. The molecule has 1 amide bonds. The van der Waals surface area contributed by atoms with Gasteiger partial charge in [-0.25, -0.2) is 4.98 Å². The van der Waals surface area contributed by atoms with Crippen LogP contribution in [0.4, 0.5) is 11.8 Å². The number of hydrogen-bond donors (Lipinski definition) is 1. The van der Waals surface area contributed by atoms with Crippen molar-refractivity contribution >= 4 is 17.7 Å². The van der Waals surface area contributed by atoms with Crippen LogP contribution in [-0.4, -0.2) is 77.0 Å². The molecule has 4 aliphatic rings. The molecule has 188 valence electrons. The lowest BCUT2D eigenvalue weighted by Gasteiger charge is -2.43. The van der Waals surface area contributed by atoms with Crippen LogP contribution in [-0.2, 0) is 4.79 Å². The van der Waals surface area contributed by atoms with E-state index >= 15 is 0 Å².